The SMILES string of the molecule is NNc1nc(-c2ncccc2Br)no1. The van der Waals surface area contributed by atoms with Gasteiger partial charge in [0.25, 0.3) is 0 Å². The van der Waals surface area contributed by atoms with Crippen LogP contribution in [0.2, 0.25) is 0 Å². The van der Waals surface area contributed by atoms with Crippen LogP contribution in [0.5, 0.6) is 0 Å². The Morgan fingerprint density at radius 1 is 1.50 bits per heavy atom. The Labute approximate surface area is 87.6 Å². The minimum atomic E-state index is 0.151. The van der Waals surface area contributed by atoms with Gasteiger partial charge in [-0.25, -0.2) is 5.84 Å². The minimum absolute atomic E-state index is 0.151. The Morgan fingerprint density at radius 3 is 3.00 bits per heavy atom. The van der Waals surface area contributed by atoms with Crippen molar-refractivity contribution in [2.45, 2.75) is 0 Å². The van der Waals surface area contributed by atoms with Crippen LogP contribution in [-0.4, -0.2) is 15.1 Å². The highest BCUT2D eigenvalue weighted by Gasteiger charge is 2.11. The van der Waals surface area contributed by atoms with Gasteiger partial charge < -0.3 is 4.52 Å². The molecule has 0 unspecified atom stereocenters. The molecule has 0 amide bonds. The summed E-state index contributed by atoms with van der Waals surface area (Å²) in [6, 6.07) is 3.79. The highest BCUT2D eigenvalue weighted by molar-refractivity contribution is 9.10. The summed E-state index contributed by atoms with van der Waals surface area (Å²) < 4.78 is 5.56. The maximum absolute atomic E-state index is 5.10. The molecule has 2 rings (SSSR count). The van der Waals surface area contributed by atoms with E-state index < -0.39 is 0 Å². The van der Waals surface area contributed by atoms with Gasteiger partial charge >= 0.3 is 6.01 Å². The third-order valence-electron chi connectivity index (χ3n) is 1.52. The van der Waals surface area contributed by atoms with Crippen molar-refractivity contribution in [3.63, 3.8) is 0 Å². The fourth-order valence-electron chi connectivity index (χ4n) is 0.929. The van der Waals surface area contributed by atoms with E-state index in [1.165, 1.54) is 0 Å². The van der Waals surface area contributed by atoms with Gasteiger partial charge in [0.1, 0.15) is 5.69 Å². The predicted molar refractivity (Wildman–Crippen MR) is 53.0 cm³/mol. The molecule has 0 aliphatic carbocycles. The Bertz CT molecular complexity index is 443. The van der Waals surface area contributed by atoms with E-state index in [0.717, 1.165) is 4.47 Å². The van der Waals surface area contributed by atoms with Crippen LogP contribution in [0.25, 0.3) is 11.5 Å². The first-order valence-corrected chi connectivity index (χ1v) is 4.52. The van der Waals surface area contributed by atoms with Crippen molar-refractivity contribution in [2.24, 2.45) is 5.84 Å². The van der Waals surface area contributed by atoms with Crippen molar-refractivity contribution < 1.29 is 4.52 Å². The largest absolute Gasteiger partial charge is 0.335 e. The van der Waals surface area contributed by atoms with Crippen molar-refractivity contribution in [3.05, 3.63) is 22.8 Å². The van der Waals surface area contributed by atoms with E-state index in [4.69, 9.17) is 10.4 Å². The van der Waals surface area contributed by atoms with Crippen molar-refractivity contribution in [3.8, 4) is 11.5 Å². The zero-order valence-electron chi connectivity index (χ0n) is 6.94. The average Bonchev–Trinajstić information content (AvgIpc) is 2.67. The lowest BCUT2D eigenvalue weighted by Gasteiger charge is -1.94. The first-order chi connectivity index (χ1) is 6.81. The minimum Gasteiger partial charge on any atom is -0.314 e. The third-order valence-corrected chi connectivity index (χ3v) is 2.16. The number of hydrazine groups is 1. The molecule has 0 aliphatic heterocycles. The van der Waals surface area contributed by atoms with Crippen LogP contribution in [0.3, 0.4) is 0 Å². The second-order valence-corrected chi connectivity index (χ2v) is 3.26. The van der Waals surface area contributed by atoms with Crippen LogP contribution >= 0.6 is 15.9 Å². The molecule has 6 nitrogen and oxygen atoms in total. The molecule has 2 aromatic heterocycles. The smallest absolute Gasteiger partial charge is 0.314 e. The number of nitrogens with zero attached hydrogens (tertiary/aromatic N) is 3. The van der Waals surface area contributed by atoms with Gasteiger partial charge in [0.05, 0.1) is 0 Å². The molecule has 0 fully saturated rings. The number of nitrogens with one attached hydrogen (secondary N) is 1. The Hall–Kier alpha value is -1.47. The molecule has 0 bridgehead atoms. The van der Waals surface area contributed by atoms with Crippen molar-refractivity contribution in [1.82, 2.24) is 15.1 Å². The highest BCUT2D eigenvalue weighted by Crippen LogP contribution is 2.23. The van der Waals surface area contributed by atoms with Crippen LogP contribution in [0, 0.1) is 0 Å². The lowest BCUT2D eigenvalue weighted by atomic mass is 10.3. The quantitative estimate of drug-likeness (QED) is 0.619. The maximum atomic E-state index is 5.10. The van der Waals surface area contributed by atoms with Crippen LogP contribution in [0.15, 0.2) is 27.3 Å². The molecule has 0 aliphatic rings. The van der Waals surface area contributed by atoms with Gasteiger partial charge in [0, 0.05) is 10.7 Å². The second kappa shape index (κ2) is 3.72. The van der Waals surface area contributed by atoms with Gasteiger partial charge in [-0.05, 0) is 28.1 Å². The van der Waals surface area contributed by atoms with E-state index in [9.17, 15) is 0 Å². The number of nitrogens with two attached hydrogens (primary N) is 1. The van der Waals surface area contributed by atoms with Gasteiger partial charge in [0.15, 0.2) is 0 Å². The van der Waals surface area contributed by atoms with E-state index >= 15 is 0 Å². The van der Waals surface area contributed by atoms with Crippen molar-refractivity contribution in [1.29, 1.82) is 0 Å². The van der Waals surface area contributed by atoms with Crippen molar-refractivity contribution >= 4 is 21.9 Å². The van der Waals surface area contributed by atoms with Crippen LogP contribution < -0.4 is 11.3 Å². The Morgan fingerprint density at radius 2 is 2.36 bits per heavy atom. The highest BCUT2D eigenvalue weighted by atomic mass is 79.9. The number of hydrogen-bond donors (Lipinski definition) is 2. The Kier molecular flexibility index (Phi) is 2.42. The molecule has 0 atom stereocenters. The first kappa shape index (κ1) is 9.10. The van der Waals surface area contributed by atoms with Gasteiger partial charge in [-0.1, -0.05) is 5.16 Å². The van der Waals surface area contributed by atoms with Gasteiger partial charge in [-0.3, -0.25) is 10.4 Å². The summed E-state index contributed by atoms with van der Waals surface area (Å²) >= 11 is 3.33. The zero-order chi connectivity index (χ0) is 9.97. The number of aromatic nitrogens is 3. The van der Waals surface area contributed by atoms with Crippen LogP contribution in [0.1, 0.15) is 0 Å². The third kappa shape index (κ3) is 1.59. The second-order valence-electron chi connectivity index (χ2n) is 2.40. The van der Waals surface area contributed by atoms with Gasteiger partial charge in [-0.2, -0.15) is 4.98 Å². The molecule has 7 heteroatoms. The standard InChI is InChI=1S/C7H6BrN5O/c8-4-2-1-3-10-5(4)6-11-7(12-9)14-13-6/h1-3H,9H2,(H,11,12,13). The monoisotopic (exact) mass is 255 g/mol. The summed E-state index contributed by atoms with van der Waals surface area (Å²) in [5, 5.41) is 3.70. The number of pyridine rings is 1. The summed E-state index contributed by atoms with van der Waals surface area (Å²) in [6.45, 7) is 0. The molecule has 2 heterocycles. The molecule has 0 radical (unpaired) electrons. The maximum Gasteiger partial charge on any atom is 0.335 e. The topological polar surface area (TPSA) is 89.9 Å². The summed E-state index contributed by atoms with van der Waals surface area (Å²) in [4.78, 5) is 8.05. The molecular weight excluding hydrogens is 250 g/mol. The summed E-state index contributed by atoms with van der Waals surface area (Å²) in [6.07, 6.45) is 1.64. The number of anilines is 1. The van der Waals surface area contributed by atoms with Crippen LogP contribution in [0.4, 0.5) is 6.01 Å². The Balaban J connectivity index is 2.44. The number of halogens is 1. The molecule has 14 heavy (non-hydrogen) atoms. The molecule has 3 N–H and O–H groups in total. The summed E-state index contributed by atoms with van der Waals surface area (Å²) in [7, 11) is 0. The summed E-state index contributed by atoms with van der Waals surface area (Å²) in [5.41, 5.74) is 2.86. The van der Waals surface area contributed by atoms with Crippen molar-refractivity contribution in [2.75, 3.05) is 5.43 Å². The van der Waals surface area contributed by atoms with Gasteiger partial charge in [0.2, 0.25) is 5.82 Å². The predicted octanol–water partition coefficient (Wildman–Crippen LogP) is 1.18. The summed E-state index contributed by atoms with van der Waals surface area (Å²) in [5.74, 6) is 5.48. The number of rotatable bonds is 2. The normalized spacial score (nSPS) is 10.1. The molecular formula is C7H6BrN5O. The number of hydrogen-bond acceptors (Lipinski definition) is 6. The lowest BCUT2D eigenvalue weighted by Crippen LogP contribution is -2.06. The molecule has 0 aromatic carbocycles. The molecule has 0 saturated heterocycles. The molecule has 0 saturated carbocycles. The average molecular weight is 256 g/mol. The van der Waals surface area contributed by atoms with Gasteiger partial charge in [-0.15, -0.1) is 0 Å². The molecule has 0 spiro atoms. The van der Waals surface area contributed by atoms with E-state index in [1.54, 1.807) is 12.3 Å². The fraction of sp³-hybridized carbons (Fsp3) is 0. The van der Waals surface area contributed by atoms with Crippen LogP contribution in [-0.2, 0) is 0 Å². The zero-order valence-corrected chi connectivity index (χ0v) is 8.52. The fourth-order valence-corrected chi connectivity index (χ4v) is 1.36. The van der Waals surface area contributed by atoms with E-state index in [0.29, 0.717) is 11.5 Å². The molecule has 72 valence electrons. The first-order valence-electron chi connectivity index (χ1n) is 3.72. The lowest BCUT2D eigenvalue weighted by molar-refractivity contribution is 0.432. The van der Waals surface area contributed by atoms with E-state index in [1.807, 2.05) is 6.07 Å². The van der Waals surface area contributed by atoms with E-state index in [-0.39, 0.29) is 6.01 Å². The van der Waals surface area contributed by atoms with E-state index in [2.05, 4.69) is 36.5 Å². The molecule has 2 aromatic rings. The number of nitrogen functional groups attached to an aromatic ring is 1.